The first-order chi connectivity index (χ1) is 9.11. The first kappa shape index (κ1) is 17.1. The SMILES string of the molecule is CC[C@@H](CO)NS(=O)(=O)c1cc(C(C)(C)C)ccc1C. The lowest BCUT2D eigenvalue weighted by Crippen LogP contribution is -2.37. The molecule has 114 valence electrons. The third kappa shape index (κ3) is 4.04. The van der Waals surface area contributed by atoms with Crippen molar-refractivity contribution in [1.29, 1.82) is 0 Å². The zero-order valence-electron chi connectivity index (χ0n) is 12.9. The van der Waals surface area contributed by atoms with Crippen LogP contribution in [0.4, 0.5) is 0 Å². The lowest BCUT2D eigenvalue weighted by atomic mass is 9.87. The quantitative estimate of drug-likeness (QED) is 0.877. The van der Waals surface area contributed by atoms with Gasteiger partial charge in [0, 0.05) is 6.04 Å². The van der Waals surface area contributed by atoms with Gasteiger partial charge in [-0.2, -0.15) is 0 Å². The topological polar surface area (TPSA) is 66.4 Å². The molecule has 0 aliphatic carbocycles. The van der Waals surface area contributed by atoms with Crippen molar-refractivity contribution in [2.45, 2.75) is 57.4 Å². The molecule has 1 aromatic carbocycles. The second kappa shape index (κ2) is 6.24. The lowest BCUT2D eigenvalue weighted by Gasteiger charge is -2.22. The highest BCUT2D eigenvalue weighted by molar-refractivity contribution is 7.89. The van der Waals surface area contributed by atoms with E-state index in [1.807, 2.05) is 39.8 Å². The third-order valence-corrected chi connectivity index (χ3v) is 5.04. The molecule has 0 aromatic heterocycles. The predicted molar refractivity (Wildman–Crippen MR) is 81.4 cm³/mol. The van der Waals surface area contributed by atoms with Gasteiger partial charge >= 0.3 is 0 Å². The molecule has 0 bridgehead atoms. The van der Waals surface area contributed by atoms with Crippen LogP contribution in [0.25, 0.3) is 0 Å². The van der Waals surface area contributed by atoms with Crippen LogP contribution < -0.4 is 4.72 Å². The zero-order chi connectivity index (χ0) is 15.6. The van der Waals surface area contributed by atoms with Crippen molar-refractivity contribution in [3.05, 3.63) is 29.3 Å². The summed E-state index contributed by atoms with van der Waals surface area (Å²) in [6.45, 7) is 9.55. The van der Waals surface area contributed by atoms with E-state index in [1.165, 1.54) is 0 Å². The molecule has 0 saturated carbocycles. The highest BCUT2D eigenvalue weighted by Crippen LogP contribution is 2.26. The molecule has 0 amide bonds. The molecule has 2 N–H and O–H groups in total. The molecule has 0 radical (unpaired) electrons. The van der Waals surface area contributed by atoms with Gasteiger partial charge in [-0.1, -0.05) is 39.8 Å². The minimum atomic E-state index is -3.61. The van der Waals surface area contributed by atoms with Crippen LogP contribution in [0.15, 0.2) is 23.1 Å². The van der Waals surface area contributed by atoms with Crippen LogP contribution in [0.3, 0.4) is 0 Å². The average Bonchev–Trinajstić information content (AvgIpc) is 2.34. The van der Waals surface area contributed by atoms with Crippen molar-refractivity contribution in [3.63, 3.8) is 0 Å². The van der Waals surface area contributed by atoms with Crippen LogP contribution in [0.2, 0.25) is 0 Å². The van der Waals surface area contributed by atoms with E-state index >= 15 is 0 Å². The van der Waals surface area contributed by atoms with Gasteiger partial charge in [0.15, 0.2) is 0 Å². The Hall–Kier alpha value is -0.910. The summed E-state index contributed by atoms with van der Waals surface area (Å²) in [6.07, 6.45) is 0.549. The van der Waals surface area contributed by atoms with E-state index in [0.29, 0.717) is 12.0 Å². The average molecular weight is 299 g/mol. The Balaban J connectivity index is 3.24. The van der Waals surface area contributed by atoms with E-state index in [9.17, 15) is 8.42 Å². The maximum atomic E-state index is 12.4. The Morgan fingerprint density at radius 1 is 1.30 bits per heavy atom. The van der Waals surface area contributed by atoms with Gasteiger partial charge in [-0.05, 0) is 36.0 Å². The van der Waals surface area contributed by atoms with Gasteiger partial charge in [-0.3, -0.25) is 0 Å². The Morgan fingerprint density at radius 3 is 2.35 bits per heavy atom. The number of aliphatic hydroxyl groups excluding tert-OH is 1. The minimum Gasteiger partial charge on any atom is -0.395 e. The largest absolute Gasteiger partial charge is 0.395 e. The molecule has 5 heteroatoms. The van der Waals surface area contributed by atoms with E-state index in [2.05, 4.69) is 4.72 Å². The summed E-state index contributed by atoms with van der Waals surface area (Å²) < 4.78 is 27.4. The van der Waals surface area contributed by atoms with Crippen molar-refractivity contribution >= 4 is 10.0 Å². The van der Waals surface area contributed by atoms with Crippen molar-refractivity contribution in [3.8, 4) is 0 Å². The number of hydrogen-bond acceptors (Lipinski definition) is 3. The number of aliphatic hydroxyl groups is 1. The van der Waals surface area contributed by atoms with Gasteiger partial charge < -0.3 is 5.11 Å². The maximum absolute atomic E-state index is 12.4. The predicted octanol–water partition coefficient (Wildman–Crippen LogP) is 2.34. The molecule has 0 aliphatic heterocycles. The summed E-state index contributed by atoms with van der Waals surface area (Å²) in [4.78, 5) is 0.289. The zero-order valence-corrected chi connectivity index (χ0v) is 13.7. The number of aryl methyl sites for hydroxylation is 1. The highest BCUT2D eigenvalue weighted by Gasteiger charge is 2.23. The standard InChI is InChI=1S/C15H25NO3S/c1-6-13(10-17)16-20(18,19)14-9-12(15(3,4)5)8-7-11(14)2/h7-9,13,16-17H,6,10H2,1-5H3/t13-/m0/s1. The molecule has 0 spiro atoms. The summed E-state index contributed by atoms with van der Waals surface area (Å²) in [5.41, 5.74) is 1.57. The molecule has 0 fully saturated rings. The van der Waals surface area contributed by atoms with Crippen molar-refractivity contribution < 1.29 is 13.5 Å². The Kier molecular flexibility index (Phi) is 5.35. The van der Waals surface area contributed by atoms with Gasteiger partial charge in [-0.15, -0.1) is 0 Å². The summed E-state index contributed by atoms with van der Waals surface area (Å²) >= 11 is 0. The first-order valence-electron chi connectivity index (χ1n) is 6.86. The molecule has 4 nitrogen and oxygen atoms in total. The van der Waals surface area contributed by atoms with Gasteiger partial charge in [0.1, 0.15) is 0 Å². The van der Waals surface area contributed by atoms with Crippen molar-refractivity contribution in [2.24, 2.45) is 0 Å². The number of rotatable bonds is 5. The highest BCUT2D eigenvalue weighted by atomic mass is 32.2. The third-order valence-electron chi connectivity index (χ3n) is 3.38. The molecule has 1 atom stereocenters. The Morgan fingerprint density at radius 2 is 1.90 bits per heavy atom. The summed E-state index contributed by atoms with van der Waals surface area (Å²) in [5, 5.41) is 9.16. The second-order valence-electron chi connectivity index (χ2n) is 6.14. The number of benzene rings is 1. The Bertz CT molecular complexity index is 555. The van der Waals surface area contributed by atoms with E-state index in [4.69, 9.17) is 5.11 Å². The number of nitrogens with one attached hydrogen (secondary N) is 1. The molecule has 0 aliphatic rings. The molecule has 0 unspecified atom stereocenters. The van der Waals surface area contributed by atoms with Crippen LogP contribution in [0, 0.1) is 6.92 Å². The second-order valence-corrected chi connectivity index (χ2v) is 7.82. The van der Waals surface area contributed by atoms with Crippen LogP contribution >= 0.6 is 0 Å². The maximum Gasteiger partial charge on any atom is 0.241 e. The molecule has 1 rings (SSSR count). The fourth-order valence-corrected chi connectivity index (χ4v) is 3.47. The van der Waals surface area contributed by atoms with E-state index < -0.39 is 16.1 Å². The lowest BCUT2D eigenvalue weighted by molar-refractivity contribution is 0.254. The van der Waals surface area contributed by atoms with Crippen LogP contribution in [-0.2, 0) is 15.4 Å². The van der Waals surface area contributed by atoms with E-state index in [-0.39, 0.29) is 16.9 Å². The molecule has 1 aromatic rings. The minimum absolute atomic E-state index is 0.112. The van der Waals surface area contributed by atoms with Crippen LogP contribution in [0.5, 0.6) is 0 Å². The van der Waals surface area contributed by atoms with E-state index in [1.54, 1.807) is 13.0 Å². The normalized spacial score (nSPS) is 14.3. The van der Waals surface area contributed by atoms with Crippen LogP contribution in [0.1, 0.15) is 45.2 Å². The first-order valence-corrected chi connectivity index (χ1v) is 8.34. The summed E-state index contributed by atoms with van der Waals surface area (Å²) in [5.74, 6) is 0. The summed E-state index contributed by atoms with van der Waals surface area (Å²) in [6, 6.07) is 5.06. The molecule has 0 saturated heterocycles. The molecular weight excluding hydrogens is 274 g/mol. The van der Waals surface area contributed by atoms with Crippen molar-refractivity contribution in [2.75, 3.05) is 6.61 Å². The number of sulfonamides is 1. The van der Waals surface area contributed by atoms with E-state index in [0.717, 1.165) is 5.56 Å². The molecule has 0 heterocycles. The van der Waals surface area contributed by atoms with Crippen LogP contribution in [-0.4, -0.2) is 26.2 Å². The molecular formula is C15H25NO3S. The number of hydrogen-bond donors (Lipinski definition) is 2. The smallest absolute Gasteiger partial charge is 0.241 e. The van der Waals surface area contributed by atoms with Gasteiger partial charge in [0.05, 0.1) is 11.5 Å². The molecule has 20 heavy (non-hydrogen) atoms. The van der Waals surface area contributed by atoms with Gasteiger partial charge in [0.2, 0.25) is 10.0 Å². The fraction of sp³-hybridized carbons (Fsp3) is 0.600. The Labute approximate surface area is 122 Å². The monoisotopic (exact) mass is 299 g/mol. The van der Waals surface area contributed by atoms with Gasteiger partial charge in [0.25, 0.3) is 0 Å². The van der Waals surface area contributed by atoms with Crippen molar-refractivity contribution in [1.82, 2.24) is 4.72 Å². The summed E-state index contributed by atoms with van der Waals surface area (Å²) in [7, 11) is -3.61. The fourth-order valence-electron chi connectivity index (χ4n) is 1.89. The van der Waals surface area contributed by atoms with Gasteiger partial charge in [-0.25, -0.2) is 13.1 Å².